The Kier molecular flexibility index (Phi) is 11.8. The maximum Gasteiger partial charge on any atom is 0.407 e. The molecule has 4 N–H and O–H groups in total. The Hall–Kier alpha value is -7.17. The topological polar surface area (TPSA) is 202 Å². The van der Waals surface area contributed by atoms with Crippen molar-refractivity contribution in [3.8, 4) is 39.5 Å². The number of imidazole rings is 2. The largest absolute Gasteiger partial charge is 0.464 e. The number of hydrogen-bond donors (Lipinski definition) is 4. The lowest BCUT2D eigenvalue weighted by Gasteiger charge is -2.30. The molecule has 2 fully saturated rings. The molecule has 3 aliphatic heterocycles. The van der Waals surface area contributed by atoms with E-state index in [0.717, 1.165) is 76.1 Å². The number of alkyl carbamates (subject to hydrolysis) is 2. The number of fused-ring (bicyclic) bond motifs is 5. The number of methoxy groups -OCH3 is 2. The van der Waals surface area contributed by atoms with Crippen LogP contribution in [0.1, 0.15) is 89.0 Å². The van der Waals surface area contributed by atoms with Crippen molar-refractivity contribution in [2.24, 2.45) is 11.8 Å². The van der Waals surface area contributed by atoms with Crippen LogP contribution >= 0.6 is 0 Å². The Morgan fingerprint density at radius 2 is 1.29 bits per heavy atom. The van der Waals surface area contributed by atoms with Crippen molar-refractivity contribution in [3.63, 3.8) is 0 Å². The van der Waals surface area contributed by atoms with Gasteiger partial charge in [0, 0.05) is 41.4 Å². The number of H-pyrrole nitrogens is 2. The van der Waals surface area contributed by atoms with Gasteiger partial charge in [-0.05, 0) is 80.0 Å². The van der Waals surface area contributed by atoms with Crippen molar-refractivity contribution < 1.29 is 33.4 Å². The number of nitrogens with zero attached hydrogens (tertiary/aromatic N) is 6. The summed E-state index contributed by atoms with van der Waals surface area (Å²) in [6.45, 7) is 8.72. The third-order valence-electron chi connectivity index (χ3n) is 12.8. The molecule has 4 amide bonds. The van der Waals surface area contributed by atoms with Gasteiger partial charge in [-0.25, -0.2) is 19.6 Å². The number of benzene rings is 2. The number of carbonyl (C=O) groups is 4. The average Bonchev–Trinajstić information content (AvgIpc) is 4.18. The number of rotatable bonds is 11. The van der Waals surface area contributed by atoms with Gasteiger partial charge in [-0.3, -0.25) is 19.1 Å². The van der Waals surface area contributed by atoms with Gasteiger partial charge in [0.25, 0.3) is 0 Å². The SMILES string of the molecule is COC(=O)N[C@H](C(=O)N1CCC[C@H]1c1ncc(-c2ccc3c(c2)OC(c2ccccn2)n2c-3cc3cc(-c4cnc([C@@H]5CCCN5C(=O)[C@@H](NC(=O)OC)C(C)C)[nH]4)ccc32)[nH]1)C(C)C. The van der Waals surface area contributed by atoms with Crippen LogP contribution in [0.15, 0.2) is 79.3 Å². The summed E-state index contributed by atoms with van der Waals surface area (Å²) in [5.41, 5.74) is 7.01. The van der Waals surface area contributed by atoms with Crippen LogP contribution in [0.25, 0.3) is 44.7 Å². The van der Waals surface area contributed by atoms with Crippen molar-refractivity contribution >= 4 is 34.9 Å². The zero-order valence-electron chi connectivity index (χ0n) is 37.3. The van der Waals surface area contributed by atoms with Crippen LogP contribution in [0, 0.1) is 11.8 Å². The van der Waals surface area contributed by atoms with Crippen LogP contribution in [0.5, 0.6) is 5.75 Å². The van der Waals surface area contributed by atoms with Crippen molar-refractivity contribution in [3.05, 3.63) is 96.6 Å². The second-order valence-electron chi connectivity index (χ2n) is 17.6. The van der Waals surface area contributed by atoms with Gasteiger partial charge in [-0.2, -0.15) is 0 Å². The molecule has 0 aliphatic carbocycles. The minimum absolute atomic E-state index is 0.132. The molecule has 338 valence electrons. The molecule has 0 bridgehead atoms. The number of aromatic amines is 2. The van der Waals surface area contributed by atoms with Gasteiger partial charge in [0.1, 0.15) is 35.2 Å². The second kappa shape index (κ2) is 17.8. The van der Waals surface area contributed by atoms with E-state index in [9.17, 15) is 19.2 Å². The fourth-order valence-electron chi connectivity index (χ4n) is 9.44. The molecule has 0 radical (unpaired) electrons. The van der Waals surface area contributed by atoms with Crippen LogP contribution in [-0.2, 0) is 19.1 Å². The fraction of sp³-hybridized carbons (Fsp3) is 0.396. The number of carbonyl (C=O) groups excluding carboxylic acids is 4. The monoisotopic (exact) mass is 882 g/mol. The summed E-state index contributed by atoms with van der Waals surface area (Å²) in [6, 6.07) is 18.4. The molecule has 6 aromatic rings. The van der Waals surface area contributed by atoms with Crippen molar-refractivity contribution in [1.29, 1.82) is 0 Å². The molecule has 2 aromatic carbocycles. The summed E-state index contributed by atoms with van der Waals surface area (Å²) in [7, 11) is 2.58. The smallest absolute Gasteiger partial charge is 0.407 e. The average molecular weight is 883 g/mol. The zero-order chi connectivity index (χ0) is 45.5. The number of ether oxygens (including phenoxy) is 3. The third-order valence-corrected chi connectivity index (χ3v) is 12.8. The normalized spacial score (nSPS) is 18.9. The number of hydrogen-bond acceptors (Lipinski definition) is 10. The molecule has 4 aromatic heterocycles. The predicted octanol–water partition coefficient (Wildman–Crippen LogP) is 7.51. The highest BCUT2D eigenvalue weighted by Gasteiger charge is 2.39. The molecular formula is C48H54N10O7. The van der Waals surface area contributed by atoms with E-state index in [2.05, 4.69) is 55.5 Å². The summed E-state index contributed by atoms with van der Waals surface area (Å²) < 4.78 is 18.7. The first kappa shape index (κ1) is 43.1. The number of pyridine rings is 1. The maximum atomic E-state index is 13.8. The minimum Gasteiger partial charge on any atom is -0.464 e. The van der Waals surface area contributed by atoms with Gasteiger partial charge in [-0.15, -0.1) is 0 Å². The van der Waals surface area contributed by atoms with E-state index in [1.54, 1.807) is 17.3 Å². The Labute approximate surface area is 376 Å². The highest BCUT2D eigenvalue weighted by molar-refractivity contribution is 5.93. The highest BCUT2D eigenvalue weighted by Crippen LogP contribution is 2.46. The maximum absolute atomic E-state index is 13.8. The first-order valence-electron chi connectivity index (χ1n) is 22.2. The molecule has 3 aliphatic rings. The summed E-state index contributed by atoms with van der Waals surface area (Å²) in [5, 5.41) is 6.42. The van der Waals surface area contributed by atoms with Crippen molar-refractivity contribution in [1.82, 2.24) is 49.9 Å². The minimum atomic E-state index is -0.725. The van der Waals surface area contributed by atoms with Crippen molar-refractivity contribution in [2.75, 3.05) is 27.3 Å². The third kappa shape index (κ3) is 8.15. The molecular weight excluding hydrogens is 829 g/mol. The van der Waals surface area contributed by atoms with E-state index in [0.29, 0.717) is 30.5 Å². The van der Waals surface area contributed by atoms with E-state index in [-0.39, 0.29) is 35.7 Å². The fourth-order valence-corrected chi connectivity index (χ4v) is 9.44. The van der Waals surface area contributed by atoms with Crippen molar-refractivity contribution in [2.45, 2.75) is 83.8 Å². The lowest BCUT2D eigenvalue weighted by molar-refractivity contribution is -0.136. The summed E-state index contributed by atoms with van der Waals surface area (Å²) in [5.74, 6) is 1.47. The van der Waals surface area contributed by atoms with Crippen LogP contribution in [0.4, 0.5) is 9.59 Å². The summed E-state index contributed by atoms with van der Waals surface area (Å²) >= 11 is 0. The molecule has 0 spiro atoms. The Balaban J connectivity index is 1.00. The van der Waals surface area contributed by atoms with E-state index in [1.165, 1.54) is 14.2 Å². The van der Waals surface area contributed by atoms with Gasteiger partial charge < -0.3 is 44.6 Å². The quantitative estimate of drug-likeness (QED) is 0.101. The first-order chi connectivity index (χ1) is 31.4. The molecule has 0 saturated carbocycles. The second-order valence-corrected chi connectivity index (χ2v) is 17.6. The molecule has 1 unspecified atom stereocenters. The van der Waals surface area contributed by atoms with Gasteiger partial charge >= 0.3 is 12.2 Å². The predicted molar refractivity (Wildman–Crippen MR) is 241 cm³/mol. The standard InChI is InChI=1S/C48H54N10O7/c1-26(2)40(54-47(61)63-5)44(59)56-19-9-12-36(56)42-50-24-33(52-42)28-15-17-35-30(21-28)22-38-31-16-14-29(23-39(31)65-46(58(35)38)32-11-7-8-18-49-32)34-25-51-43(53-34)37-13-10-20-57(37)45(60)41(27(3)4)55-48(62)64-6/h7-8,11,14-18,21-27,36-37,40-41,46H,9-10,12-13,19-20H2,1-6H3,(H,50,52)(H,51,53)(H,54,61)(H,55,62)/t36-,37-,40-,41-,46?/m0/s1. The molecule has 65 heavy (non-hydrogen) atoms. The molecule has 9 rings (SSSR count). The first-order valence-corrected chi connectivity index (χ1v) is 22.2. The van der Waals surface area contributed by atoms with Gasteiger partial charge in [-0.1, -0.05) is 45.9 Å². The number of amides is 4. The molecule has 7 heterocycles. The molecule has 17 nitrogen and oxygen atoms in total. The molecule has 5 atom stereocenters. The highest BCUT2D eigenvalue weighted by atomic mass is 16.5. The number of likely N-dealkylation sites (tertiary alicyclic amines) is 2. The molecule has 2 saturated heterocycles. The van der Waals surface area contributed by atoms with Crippen LogP contribution < -0.4 is 15.4 Å². The number of aromatic nitrogens is 6. The van der Waals surface area contributed by atoms with Gasteiger partial charge in [0.2, 0.25) is 18.0 Å². The van der Waals surface area contributed by atoms with Gasteiger partial charge in [0.15, 0.2) is 0 Å². The van der Waals surface area contributed by atoms with Gasteiger partial charge in [0.05, 0.1) is 61.3 Å². The Morgan fingerprint density at radius 1 is 0.723 bits per heavy atom. The summed E-state index contributed by atoms with van der Waals surface area (Å²) in [4.78, 5) is 76.6. The summed E-state index contributed by atoms with van der Waals surface area (Å²) in [6.07, 6.45) is 6.65. The van der Waals surface area contributed by atoms with E-state index >= 15 is 0 Å². The lowest BCUT2D eigenvalue weighted by Crippen LogP contribution is -2.51. The lowest BCUT2D eigenvalue weighted by atomic mass is 10.0. The van der Waals surface area contributed by atoms with E-state index < -0.39 is 30.5 Å². The Bertz CT molecular complexity index is 2740. The van der Waals surface area contributed by atoms with Crippen LogP contribution in [-0.4, -0.2) is 103 Å². The van der Waals surface area contributed by atoms with Crippen LogP contribution in [0.3, 0.4) is 0 Å². The van der Waals surface area contributed by atoms with E-state index in [1.807, 2.05) is 69.1 Å². The van der Waals surface area contributed by atoms with Crippen LogP contribution in [0.2, 0.25) is 0 Å². The molecule has 17 heteroatoms. The zero-order valence-corrected chi connectivity index (χ0v) is 37.3. The van der Waals surface area contributed by atoms with E-state index in [4.69, 9.17) is 29.2 Å². The Morgan fingerprint density at radius 3 is 1.83 bits per heavy atom. The number of nitrogens with one attached hydrogen (secondary N) is 4.